The lowest BCUT2D eigenvalue weighted by Gasteiger charge is -2.10. The summed E-state index contributed by atoms with van der Waals surface area (Å²) in [6.45, 7) is 4.01. The Morgan fingerprint density at radius 3 is 2.33 bits per heavy atom. The van der Waals surface area contributed by atoms with Crippen LogP contribution in [0.3, 0.4) is 0 Å². The van der Waals surface area contributed by atoms with Gasteiger partial charge in [0, 0.05) is 18.7 Å². The zero-order valence-electron chi connectivity index (χ0n) is 12.0. The van der Waals surface area contributed by atoms with Crippen LogP contribution in [-0.2, 0) is 14.8 Å². The van der Waals surface area contributed by atoms with Crippen LogP contribution in [0.4, 0.5) is 5.69 Å². The average Bonchev–Trinajstić information content (AvgIpc) is 2.45. The summed E-state index contributed by atoms with van der Waals surface area (Å²) in [5, 5.41) is 5.50. The molecule has 6 nitrogen and oxygen atoms in total. The van der Waals surface area contributed by atoms with Crippen LogP contribution in [0.5, 0.6) is 0 Å². The summed E-state index contributed by atoms with van der Waals surface area (Å²) in [4.78, 5) is 11.4. The molecule has 0 aliphatic rings. The summed E-state index contributed by atoms with van der Waals surface area (Å²) in [6, 6.07) is 6.13. The second kappa shape index (κ2) is 8.06. The number of rotatable bonds is 6. The van der Waals surface area contributed by atoms with E-state index in [0.29, 0.717) is 18.7 Å². The molecule has 0 radical (unpaired) electrons. The molecule has 1 aromatic rings. The third-order valence-electron chi connectivity index (χ3n) is 2.54. The summed E-state index contributed by atoms with van der Waals surface area (Å²) in [7, 11) is -3.47. The molecule has 0 unspecified atom stereocenters. The molecule has 21 heavy (non-hydrogen) atoms. The molecule has 1 rings (SSSR count). The molecule has 0 saturated carbocycles. The van der Waals surface area contributed by atoms with Gasteiger partial charge in [-0.2, -0.15) is 0 Å². The van der Waals surface area contributed by atoms with Gasteiger partial charge in [-0.25, -0.2) is 13.1 Å². The van der Waals surface area contributed by atoms with Crippen molar-refractivity contribution in [3.05, 3.63) is 24.3 Å². The number of amides is 1. The fraction of sp³-hybridized carbons (Fsp3) is 0.385. The molecule has 8 heteroatoms. The minimum atomic E-state index is -3.47. The first-order chi connectivity index (χ1) is 9.89. The third kappa shape index (κ3) is 5.78. The van der Waals surface area contributed by atoms with Crippen molar-refractivity contribution in [3.63, 3.8) is 0 Å². The molecule has 0 saturated heterocycles. The topological polar surface area (TPSA) is 87.3 Å². The fourth-order valence-electron chi connectivity index (χ4n) is 1.41. The lowest BCUT2D eigenvalue weighted by molar-refractivity contribution is -0.119. The molecular formula is C13H19N3O3S2. The van der Waals surface area contributed by atoms with Crippen molar-refractivity contribution in [2.75, 3.05) is 11.9 Å². The predicted octanol–water partition coefficient (Wildman–Crippen LogP) is 1.60. The second-order valence-corrected chi connectivity index (χ2v) is 6.45. The Morgan fingerprint density at radius 1 is 1.19 bits per heavy atom. The van der Waals surface area contributed by atoms with E-state index in [9.17, 15) is 13.2 Å². The number of carbonyl (C=O) groups excluding carboxylic acids is 1. The van der Waals surface area contributed by atoms with Crippen LogP contribution in [0.2, 0.25) is 0 Å². The molecule has 0 aliphatic carbocycles. The van der Waals surface area contributed by atoms with E-state index in [-0.39, 0.29) is 15.9 Å². The highest BCUT2D eigenvalue weighted by atomic mass is 32.2. The van der Waals surface area contributed by atoms with Gasteiger partial charge in [-0.3, -0.25) is 4.79 Å². The van der Waals surface area contributed by atoms with Crippen LogP contribution in [0, 0.1) is 0 Å². The van der Waals surface area contributed by atoms with Crippen molar-refractivity contribution in [2.45, 2.75) is 31.6 Å². The first-order valence-corrected chi connectivity index (χ1v) is 8.48. The number of nitrogens with one attached hydrogen (secondary N) is 3. The standard InChI is InChI=1S/C13H19N3O3S2/c1-3-9-14-21(18,19)11-7-5-10(6-8-11)15-13(20)16-12(17)4-2/h5-8,14H,3-4,9H2,1-2H3,(H2,15,16,17,20). The monoisotopic (exact) mass is 329 g/mol. The zero-order chi connectivity index (χ0) is 15.9. The second-order valence-electron chi connectivity index (χ2n) is 4.28. The number of hydrogen-bond donors (Lipinski definition) is 3. The number of sulfonamides is 1. The molecule has 3 N–H and O–H groups in total. The highest BCUT2D eigenvalue weighted by molar-refractivity contribution is 7.89. The maximum atomic E-state index is 11.9. The van der Waals surface area contributed by atoms with Gasteiger partial charge in [-0.15, -0.1) is 0 Å². The first-order valence-electron chi connectivity index (χ1n) is 6.59. The Morgan fingerprint density at radius 2 is 1.81 bits per heavy atom. The summed E-state index contributed by atoms with van der Waals surface area (Å²) in [5.74, 6) is -0.185. The number of benzene rings is 1. The van der Waals surface area contributed by atoms with E-state index in [2.05, 4.69) is 15.4 Å². The van der Waals surface area contributed by atoms with Gasteiger partial charge in [-0.05, 0) is 42.9 Å². The zero-order valence-corrected chi connectivity index (χ0v) is 13.6. The van der Waals surface area contributed by atoms with E-state index in [4.69, 9.17) is 12.2 Å². The van der Waals surface area contributed by atoms with Crippen molar-refractivity contribution >= 4 is 38.9 Å². The minimum Gasteiger partial charge on any atom is -0.332 e. The molecule has 0 bridgehead atoms. The van der Waals surface area contributed by atoms with Gasteiger partial charge < -0.3 is 10.6 Å². The maximum Gasteiger partial charge on any atom is 0.240 e. The molecule has 0 heterocycles. The fourth-order valence-corrected chi connectivity index (χ4v) is 2.78. The van der Waals surface area contributed by atoms with Crippen molar-refractivity contribution in [2.24, 2.45) is 0 Å². The molecule has 1 aromatic carbocycles. The minimum absolute atomic E-state index is 0.182. The Balaban J connectivity index is 2.70. The van der Waals surface area contributed by atoms with E-state index in [1.807, 2.05) is 6.92 Å². The summed E-state index contributed by atoms with van der Waals surface area (Å²) >= 11 is 4.97. The molecule has 0 spiro atoms. The SMILES string of the molecule is CCCNS(=O)(=O)c1ccc(NC(=S)NC(=O)CC)cc1. The molecule has 116 valence electrons. The van der Waals surface area contributed by atoms with Gasteiger partial charge in [0.1, 0.15) is 0 Å². The quantitative estimate of drug-likeness (QED) is 0.690. The van der Waals surface area contributed by atoms with Gasteiger partial charge in [-0.1, -0.05) is 13.8 Å². The van der Waals surface area contributed by atoms with Crippen LogP contribution in [-0.4, -0.2) is 26.0 Å². The van der Waals surface area contributed by atoms with Crippen molar-refractivity contribution < 1.29 is 13.2 Å². The van der Waals surface area contributed by atoms with Gasteiger partial charge in [0.25, 0.3) is 0 Å². The molecule has 1 amide bonds. The third-order valence-corrected chi connectivity index (χ3v) is 4.22. The molecule has 0 atom stereocenters. The van der Waals surface area contributed by atoms with Crippen molar-refractivity contribution in [3.8, 4) is 0 Å². The van der Waals surface area contributed by atoms with Crippen LogP contribution >= 0.6 is 12.2 Å². The van der Waals surface area contributed by atoms with Crippen molar-refractivity contribution in [1.29, 1.82) is 0 Å². The number of hydrogen-bond acceptors (Lipinski definition) is 4. The number of thiocarbonyl (C=S) groups is 1. The lowest BCUT2D eigenvalue weighted by atomic mass is 10.3. The van der Waals surface area contributed by atoms with Gasteiger partial charge in [0.15, 0.2) is 5.11 Å². The summed E-state index contributed by atoms with van der Waals surface area (Å²) < 4.78 is 26.3. The number of anilines is 1. The highest BCUT2D eigenvalue weighted by Gasteiger charge is 2.12. The molecule has 0 aliphatic heterocycles. The van der Waals surface area contributed by atoms with Gasteiger partial charge >= 0.3 is 0 Å². The Bertz CT molecular complexity index is 598. The molecular weight excluding hydrogens is 310 g/mol. The van der Waals surface area contributed by atoms with Crippen LogP contribution in [0.1, 0.15) is 26.7 Å². The summed E-state index contributed by atoms with van der Waals surface area (Å²) in [5.41, 5.74) is 0.603. The largest absolute Gasteiger partial charge is 0.332 e. The van der Waals surface area contributed by atoms with E-state index in [0.717, 1.165) is 6.42 Å². The lowest BCUT2D eigenvalue weighted by Crippen LogP contribution is -2.33. The van der Waals surface area contributed by atoms with E-state index >= 15 is 0 Å². The first kappa shape index (κ1) is 17.5. The Hall–Kier alpha value is -1.51. The van der Waals surface area contributed by atoms with Crippen LogP contribution in [0.15, 0.2) is 29.2 Å². The van der Waals surface area contributed by atoms with Gasteiger partial charge in [0.05, 0.1) is 4.90 Å². The smallest absolute Gasteiger partial charge is 0.240 e. The Kier molecular flexibility index (Phi) is 6.73. The predicted molar refractivity (Wildman–Crippen MR) is 86.6 cm³/mol. The van der Waals surface area contributed by atoms with E-state index < -0.39 is 10.0 Å². The maximum absolute atomic E-state index is 11.9. The molecule has 0 aromatic heterocycles. The highest BCUT2D eigenvalue weighted by Crippen LogP contribution is 2.13. The summed E-state index contributed by atoms with van der Waals surface area (Å²) in [6.07, 6.45) is 1.06. The number of carbonyl (C=O) groups is 1. The van der Waals surface area contributed by atoms with Gasteiger partial charge in [0.2, 0.25) is 15.9 Å². The normalized spacial score (nSPS) is 11.0. The van der Waals surface area contributed by atoms with Crippen LogP contribution < -0.4 is 15.4 Å². The van der Waals surface area contributed by atoms with Crippen LogP contribution in [0.25, 0.3) is 0 Å². The van der Waals surface area contributed by atoms with Crippen molar-refractivity contribution in [1.82, 2.24) is 10.0 Å². The molecule has 0 fully saturated rings. The van der Waals surface area contributed by atoms with E-state index in [1.165, 1.54) is 12.1 Å². The average molecular weight is 329 g/mol. The van der Waals surface area contributed by atoms with E-state index in [1.54, 1.807) is 19.1 Å². The Labute approximate surface area is 130 Å².